The highest BCUT2D eigenvalue weighted by atomic mass is 19.4. The minimum Gasteiger partial charge on any atom is -0.476 e. The van der Waals surface area contributed by atoms with Gasteiger partial charge in [-0.2, -0.15) is 13.2 Å². The van der Waals surface area contributed by atoms with Crippen LogP contribution in [0.2, 0.25) is 0 Å². The fourth-order valence-corrected chi connectivity index (χ4v) is 1.41. The molecule has 0 aliphatic carbocycles. The number of carboxylic acid groups (broad SMARTS) is 1. The first-order valence-corrected chi connectivity index (χ1v) is 5.37. The van der Waals surface area contributed by atoms with Crippen molar-refractivity contribution < 1.29 is 37.1 Å². The predicted octanol–water partition coefficient (Wildman–Crippen LogP) is 2.61. The topological polar surface area (TPSA) is 89.6 Å². The van der Waals surface area contributed by atoms with Gasteiger partial charge in [0.2, 0.25) is 5.76 Å². The zero-order valence-electron chi connectivity index (χ0n) is 10.0. The number of nitrogens with zero attached hydrogens (tertiary/aromatic N) is 1. The molecule has 1 N–H and O–H groups in total. The van der Waals surface area contributed by atoms with Crippen molar-refractivity contribution in [3.8, 4) is 5.75 Å². The second-order valence-corrected chi connectivity index (χ2v) is 3.76. The van der Waals surface area contributed by atoms with E-state index in [1.54, 1.807) is 0 Å². The minimum atomic E-state index is -4.70. The molecule has 2 aromatic rings. The smallest absolute Gasteiger partial charge is 0.419 e. The Bertz CT molecular complexity index is 692. The van der Waals surface area contributed by atoms with E-state index < -0.39 is 40.9 Å². The van der Waals surface area contributed by atoms with Gasteiger partial charge in [-0.3, -0.25) is 0 Å². The van der Waals surface area contributed by atoms with E-state index in [1.807, 2.05) is 0 Å². The van der Waals surface area contributed by atoms with E-state index in [1.165, 1.54) is 6.07 Å². The summed E-state index contributed by atoms with van der Waals surface area (Å²) in [6.07, 6.45) is -4.70. The van der Waals surface area contributed by atoms with Crippen molar-refractivity contribution in [3.05, 3.63) is 47.3 Å². The third kappa shape index (κ3) is 3.19. The lowest BCUT2D eigenvalue weighted by molar-refractivity contribution is -0.138. The van der Waals surface area contributed by atoms with E-state index in [-0.39, 0.29) is 0 Å². The quantitative estimate of drug-likeness (QED) is 0.692. The van der Waals surface area contributed by atoms with Crippen LogP contribution in [0.3, 0.4) is 0 Å². The molecule has 0 saturated heterocycles. The number of hydrogen-bond donors (Lipinski definition) is 1. The van der Waals surface area contributed by atoms with E-state index in [0.29, 0.717) is 0 Å². The zero-order valence-corrected chi connectivity index (χ0v) is 10.0. The molecule has 2 rings (SSSR count). The first-order valence-electron chi connectivity index (χ1n) is 5.37. The molecule has 0 spiro atoms. The van der Waals surface area contributed by atoms with Gasteiger partial charge in [0.15, 0.2) is 5.69 Å². The van der Waals surface area contributed by atoms with E-state index in [0.717, 1.165) is 24.3 Å². The maximum Gasteiger partial charge on any atom is 0.419 e. The average molecular weight is 301 g/mol. The van der Waals surface area contributed by atoms with E-state index in [4.69, 9.17) is 5.11 Å². The van der Waals surface area contributed by atoms with E-state index >= 15 is 0 Å². The summed E-state index contributed by atoms with van der Waals surface area (Å²) in [6.45, 7) is 0. The lowest BCUT2D eigenvalue weighted by Gasteiger charge is -2.11. The minimum absolute atomic E-state index is 0.564. The van der Waals surface area contributed by atoms with Crippen LogP contribution in [0.25, 0.3) is 0 Å². The van der Waals surface area contributed by atoms with Crippen LogP contribution in [-0.2, 0) is 6.18 Å². The molecule has 0 radical (unpaired) electrons. The van der Waals surface area contributed by atoms with Gasteiger partial charge in [0.1, 0.15) is 5.75 Å². The Labute approximate surface area is 114 Å². The summed E-state index contributed by atoms with van der Waals surface area (Å²) in [5.74, 6) is -4.08. The fraction of sp³-hybridized carbons (Fsp3) is 0.0833. The predicted molar refractivity (Wildman–Crippen MR) is 59.9 cm³/mol. The lowest BCUT2D eigenvalue weighted by atomic mass is 10.2. The largest absolute Gasteiger partial charge is 0.476 e. The molecule has 0 aliphatic rings. The normalized spacial score (nSPS) is 11.2. The van der Waals surface area contributed by atoms with Gasteiger partial charge in [-0.25, -0.2) is 9.59 Å². The number of carboxylic acids is 1. The Balaban J connectivity index is 2.25. The molecule has 0 atom stereocenters. The third-order valence-electron chi connectivity index (χ3n) is 2.33. The van der Waals surface area contributed by atoms with Crippen molar-refractivity contribution in [2.45, 2.75) is 6.18 Å². The van der Waals surface area contributed by atoms with Gasteiger partial charge < -0.3 is 14.4 Å². The molecule has 1 aromatic heterocycles. The number of aromatic nitrogens is 1. The molecule has 1 aromatic carbocycles. The summed E-state index contributed by atoms with van der Waals surface area (Å²) in [4.78, 5) is 22.2. The van der Waals surface area contributed by atoms with Crippen molar-refractivity contribution in [1.29, 1.82) is 0 Å². The van der Waals surface area contributed by atoms with Crippen LogP contribution in [-0.4, -0.2) is 22.2 Å². The summed E-state index contributed by atoms with van der Waals surface area (Å²) in [5, 5.41) is 11.6. The highest BCUT2D eigenvalue weighted by Crippen LogP contribution is 2.36. The lowest BCUT2D eigenvalue weighted by Crippen LogP contribution is -2.13. The molecule has 21 heavy (non-hydrogen) atoms. The number of halogens is 3. The van der Waals surface area contributed by atoms with Crippen molar-refractivity contribution in [3.63, 3.8) is 0 Å². The van der Waals surface area contributed by atoms with Gasteiger partial charge in [-0.1, -0.05) is 17.3 Å². The van der Waals surface area contributed by atoms with Crippen molar-refractivity contribution in [2.75, 3.05) is 0 Å². The first-order chi connectivity index (χ1) is 9.79. The Morgan fingerprint density at radius 1 is 1.24 bits per heavy atom. The molecule has 0 bridgehead atoms. The van der Waals surface area contributed by atoms with Gasteiger partial charge in [0.05, 0.1) is 5.56 Å². The Morgan fingerprint density at radius 2 is 1.90 bits per heavy atom. The standard InChI is InChI=1S/C12H6F3NO5/c13-12(14,15)6-3-1-2-4-8(6)20-11(19)9-5-7(10(17)18)16-21-9/h1-5H,(H,17,18). The molecule has 0 amide bonds. The number of aromatic carboxylic acids is 1. The molecular formula is C12H6F3NO5. The van der Waals surface area contributed by atoms with Gasteiger partial charge in [0, 0.05) is 6.07 Å². The van der Waals surface area contributed by atoms with E-state index in [9.17, 15) is 22.8 Å². The molecule has 0 fully saturated rings. The van der Waals surface area contributed by atoms with E-state index in [2.05, 4.69) is 14.4 Å². The maximum absolute atomic E-state index is 12.7. The monoisotopic (exact) mass is 301 g/mol. The Hall–Kier alpha value is -2.84. The van der Waals surface area contributed by atoms with Gasteiger partial charge in [0.25, 0.3) is 0 Å². The van der Waals surface area contributed by atoms with Gasteiger partial charge in [-0.05, 0) is 12.1 Å². The second kappa shape index (κ2) is 5.27. The average Bonchev–Trinajstić information content (AvgIpc) is 2.88. The van der Waals surface area contributed by atoms with Crippen LogP contribution >= 0.6 is 0 Å². The van der Waals surface area contributed by atoms with Crippen LogP contribution < -0.4 is 4.74 Å². The van der Waals surface area contributed by atoms with Crippen molar-refractivity contribution in [1.82, 2.24) is 5.16 Å². The van der Waals surface area contributed by atoms with Crippen LogP contribution in [0.15, 0.2) is 34.9 Å². The molecule has 110 valence electrons. The number of carbonyl (C=O) groups excluding carboxylic acids is 1. The number of rotatable bonds is 3. The number of benzene rings is 1. The number of ether oxygens (including phenoxy) is 1. The van der Waals surface area contributed by atoms with Crippen LogP contribution in [0.1, 0.15) is 26.6 Å². The number of esters is 1. The fourth-order valence-electron chi connectivity index (χ4n) is 1.41. The summed E-state index contributed by atoms with van der Waals surface area (Å²) in [6, 6.07) is 4.83. The molecule has 6 nitrogen and oxygen atoms in total. The van der Waals surface area contributed by atoms with Gasteiger partial charge >= 0.3 is 18.1 Å². The highest BCUT2D eigenvalue weighted by Gasteiger charge is 2.35. The first kappa shape index (κ1) is 14.6. The van der Waals surface area contributed by atoms with Crippen molar-refractivity contribution >= 4 is 11.9 Å². The second-order valence-electron chi connectivity index (χ2n) is 3.76. The number of para-hydroxylation sites is 1. The summed E-state index contributed by atoms with van der Waals surface area (Å²) in [7, 11) is 0. The third-order valence-corrected chi connectivity index (χ3v) is 2.33. The molecule has 1 heterocycles. The maximum atomic E-state index is 12.7. The molecule has 9 heteroatoms. The zero-order chi connectivity index (χ0) is 15.6. The number of hydrogen-bond acceptors (Lipinski definition) is 5. The van der Waals surface area contributed by atoms with Gasteiger partial charge in [-0.15, -0.1) is 0 Å². The molecular weight excluding hydrogens is 295 g/mol. The highest BCUT2D eigenvalue weighted by molar-refractivity contribution is 5.92. The van der Waals surface area contributed by atoms with Crippen LogP contribution in [0.5, 0.6) is 5.75 Å². The van der Waals surface area contributed by atoms with Crippen LogP contribution in [0, 0.1) is 0 Å². The summed E-state index contributed by atoms with van der Waals surface area (Å²) >= 11 is 0. The molecule has 0 saturated carbocycles. The Morgan fingerprint density at radius 3 is 2.48 bits per heavy atom. The summed E-state index contributed by atoms with van der Waals surface area (Å²) in [5.41, 5.74) is -1.71. The van der Waals surface area contributed by atoms with Crippen molar-refractivity contribution in [2.24, 2.45) is 0 Å². The van der Waals surface area contributed by atoms with Crippen LogP contribution in [0.4, 0.5) is 13.2 Å². The SMILES string of the molecule is O=C(O)c1cc(C(=O)Oc2ccccc2C(F)(F)F)on1. The molecule has 0 aliphatic heterocycles. The number of carbonyl (C=O) groups is 2. The molecule has 0 unspecified atom stereocenters. The summed E-state index contributed by atoms with van der Waals surface area (Å²) < 4.78 is 47.1. The number of alkyl halides is 3. The Kier molecular flexibility index (Phi) is 3.66.